The molecule has 1 aromatic carbocycles. The Labute approximate surface area is 136 Å². The molecular formula is C19H20N2O2. The highest BCUT2D eigenvalue weighted by atomic mass is 16.5. The number of hydrogen-bond donors (Lipinski definition) is 0. The van der Waals surface area contributed by atoms with E-state index in [-0.39, 0.29) is 11.5 Å². The van der Waals surface area contributed by atoms with Gasteiger partial charge >= 0.3 is 0 Å². The predicted octanol–water partition coefficient (Wildman–Crippen LogP) is 3.43. The van der Waals surface area contributed by atoms with Crippen molar-refractivity contribution in [3.63, 3.8) is 0 Å². The number of rotatable bonds is 2. The third-order valence-electron chi connectivity index (χ3n) is 4.81. The molecule has 118 valence electrons. The maximum Gasteiger partial charge on any atom is 0.259 e. The molecule has 4 rings (SSSR count). The first-order valence-corrected chi connectivity index (χ1v) is 8.23. The molecule has 0 N–H and O–H groups in total. The highest BCUT2D eigenvalue weighted by Crippen LogP contribution is 2.38. The molecule has 1 fully saturated rings. The van der Waals surface area contributed by atoms with E-state index >= 15 is 0 Å². The Morgan fingerprint density at radius 1 is 1.09 bits per heavy atom. The second-order valence-corrected chi connectivity index (χ2v) is 6.50. The van der Waals surface area contributed by atoms with E-state index in [4.69, 9.17) is 4.74 Å². The summed E-state index contributed by atoms with van der Waals surface area (Å²) in [5.74, 6) is 0.510. The normalized spacial score (nSPS) is 19.3. The van der Waals surface area contributed by atoms with Gasteiger partial charge in [0.05, 0.1) is 6.54 Å². The largest absolute Gasteiger partial charge is 0.469 e. The maximum atomic E-state index is 13.0. The molecule has 1 amide bonds. The van der Waals surface area contributed by atoms with E-state index in [1.165, 1.54) is 0 Å². The third kappa shape index (κ3) is 2.69. The third-order valence-corrected chi connectivity index (χ3v) is 4.81. The van der Waals surface area contributed by atoms with E-state index in [9.17, 15) is 4.79 Å². The molecule has 0 bridgehead atoms. The average Bonchev–Trinajstić information content (AvgIpc) is 2.99. The number of fused-ring (bicyclic) bond motifs is 1. The van der Waals surface area contributed by atoms with Crippen LogP contribution in [-0.2, 0) is 6.54 Å². The molecule has 0 saturated heterocycles. The first-order chi connectivity index (χ1) is 11.3. The van der Waals surface area contributed by atoms with Crippen LogP contribution in [0.4, 0.5) is 0 Å². The van der Waals surface area contributed by atoms with Crippen LogP contribution in [0.25, 0.3) is 0 Å². The van der Waals surface area contributed by atoms with Gasteiger partial charge in [0.25, 0.3) is 5.91 Å². The number of nitrogens with zero attached hydrogens (tertiary/aromatic N) is 2. The number of pyridine rings is 1. The van der Waals surface area contributed by atoms with E-state index in [1.54, 1.807) is 12.3 Å². The van der Waals surface area contributed by atoms with Crippen LogP contribution in [0.3, 0.4) is 0 Å². The Kier molecular flexibility index (Phi) is 3.52. The minimum absolute atomic E-state index is 0.0146. The SMILES string of the molecule is O=C1c2cccnc2OC2(CCCC2)CN1Cc1ccccc1. The van der Waals surface area contributed by atoms with Crippen LogP contribution in [0.1, 0.15) is 41.6 Å². The van der Waals surface area contributed by atoms with Crippen molar-refractivity contribution in [1.29, 1.82) is 0 Å². The van der Waals surface area contributed by atoms with Gasteiger partial charge in [-0.3, -0.25) is 4.79 Å². The van der Waals surface area contributed by atoms with Gasteiger partial charge in [-0.05, 0) is 43.4 Å². The minimum Gasteiger partial charge on any atom is -0.469 e. The van der Waals surface area contributed by atoms with Gasteiger partial charge in [0, 0.05) is 12.7 Å². The lowest BCUT2D eigenvalue weighted by molar-refractivity contribution is 0.0339. The summed E-state index contributed by atoms with van der Waals surface area (Å²) >= 11 is 0. The lowest BCUT2D eigenvalue weighted by Gasteiger charge is -2.32. The van der Waals surface area contributed by atoms with Crippen molar-refractivity contribution in [3.05, 3.63) is 59.8 Å². The highest BCUT2D eigenvalue weighted by Gasteiger charge is 2.43. The summed E-state index contributed by atoms with van der Waals surface area (Å²) in [5, 5.41) is 0. The first kappa shape index (κ1) is 14.2. The second-order valence-electron chi connectivity index (χ2n) is 6.50. The molecule has 1 aromatic heterocycles. The quantitative estimate of drug-likeness (QED) is 0.853. The van der Waals surface area contributed by atoms with Crippen LogP contribution in [-0.4, -0.2) is 27.9 Å². The number of amides is 1. The molecule has 1 spiro atoms. The maximum absolute atomic E-state index is 13.0. The average molecular weight is 308 g/mol. The second kappa shape index (κ2) is 5.69. The lowest BCUT2D eigenvalue weighted by atomic mass is 10.0. The molecule has 4 nitrogen and oxygen atoms in total. The highest BCUT2D eigenvalue weighted by molar-refractivity contribution is 5.96. The molecule has 2 heterocycles. The van der Waals surface area contributed by atoms with E-state index in [1.807, 2.05) is 29.2 Å². The summed E-state index contributed by atoms with van der Waals surface area (Å²) in [5.41, 5.74) is 1.44. The molecule has 2 aromatic rings. The zero-order valence-corrected chi connectivity index (χ0v) is 13.1. The van der Waals surface area contributed by atoms with Gasteiger partial charge in [-0.2, -0.15) is 0 Å². The van der Waals surface area contributed by atoms with Crippen molar-refractivity contribution in [1.82, 2.24) is 9.88 Å². The molecule has 4 heteroatoms. The Morgan fingerprint density at radius 3 is 2.65 bits per heavy atom. The zero-order chi connectivity index (χ0) is 15.7. The minimum atomic E-state index is -0.274. The molecule has 23 heavy (non-hydrogen) atoms. The molecule has 0 atom stereocenters. The number of aromatic nitrogens is 1. The molecule has 0 radical (unpaired) electrons. The number of carbonyl (C=O) groups excluding carboxylic acids is 1. The number of ether oxygens (including phenoxy) is 1. The molecule has 1 saturated carbocycles. The topological polar surface area (TPSA) is 42.4 Å². The predicted molar refractivity (Wildman–Crippen MR) is 87.2 cm³/mol. The van der Waals surface area contributed by atoms with Crippen molar-refractivity contribution in [3.8, 4) is 5.88 Å². The first-order valence-electron chi connectivity index (χ1n) is 8.23. The molecule has 0 unspecified atom stereocenters. The number of benzene rings is 1. The van der Waals surface area contributed by atoms with E-state index in [0.29, 0.717) is 24.5 Å². The molecule has 1 aliphatic carbocycles. The Balaban J connectivity index is 1.71. The summed E-state index contributed by atoms with van der Waals surface area (Å²) in [6.07, 6.45) is 5.97. The standard InChI is InChI=1S/C19H20N2O2/c22-18-16-9-6-12-20-17(16)23-19(10-4-5-11-19)14-21(18)13-15-7-2-1-3-8-15/h1-3,6-9,12H,4-5,10-11,13-14H2. The van der Waals surface area contributed by atoms with Crippen LogP contribution in [0.2, 0.25) is 0 Å². The number of carbonyl (C=O) groups is 1. The van der Waals surface area contributed by atoms with E-state index in [0.717, 1.165) is 31.2 Å². The molecule has 2 aliphatic rings. The monoisotopic (exact) mass is 308 g/mol. The summed E-state index contributed by atoms with van der Waals surface area (Å²) < 4.78 is 6.27. The van der Waals surface area contributed by atoms with Gasteiger partial charge in [-0.1, -0.05) is 30.3 Å². The summed E-state index contributed by atoms with van der Waals surface area (Å²) in [6, 6.07) is 13.7. The van der Waals surface area contributed by atoms with Gasteiger partial charge in [-0.25, -0.2) is 4.98 Å². The van der Waals surface area contributed by atoms with Crippen LogP contribution >= 0.6 is 0 Å². The van der Waals surface area contributed by atoms with E-state index in [2.05, 4.69) is 17.1 Å². The Morgan fingerprint density at radius 2 is 1.87 bits per heavy atom. The molecule has 1 aliphatic heterocycles. The fourth-order valence-electron chi connectivity index (χ4n) is 3.67. The smallest absolute Gasteiger partial charge is 0.259 e. The fraction of sp³-hybridized carbons (Fsp3) is 0.368. The fourth-order valence-corrected chi connectivity index (χ4v) is 3.67. The summed E-state index contributed by atoms with van der Waals surface area (Å²) in [7, 11) is 0. The van der Waals surface area contributed by atoms with Crippen molar-refractivity contribution in [2.45, 2.75) is 37.8 Å². The van der Waals surface area contributed by atoms with E-state index < -0.39 is 0 Å². The Hall–Kier alpha value is -2.36. The van der Waals surface area contributed by atoms with Crippen LogP contribution in [0.5, 0.6) is 5.88 Å². The van der Waals surface area contributed by atoms with Crippen LogP contribution in [0.15, 0.2) is 48.7 Å². The van der Waals surface area contributed by atoms with Crippen molar-refractivity contribution < 1.29 is 9.53 Å². The van der Waals surface area contributed by atoms with Gasteiger partial charge in [0.2, 0.25) is 5.88 Å². The van der Waals surface area contributed by atoms with Crippen molar-refractivity contribution in [2.75, 3.05) is 6.54 Å². The van der Waals surface area contributed by atoms with Gasteiger partial charge < -0.3 is 9.64 Å². The van der Waals surface area contributed by atoms with Gasteiger partial charge in [0.15, 0.2) is 0 Å². The molecular weight excluding hydrogens is 288 g/mol. The number of hydrogen-bond acceptors (Lipinski definition) is 3. The Bertz CT molecular complexity index is 708. The summed E-state index contributed by atoms with van der Waals surface area (Å²) in [4.78, 5) is 19.2. The lowest BCUT2D eigenvalue weighted by Crippen LogP contribution is -2.45. The van der Waals surface area contributed by atoms with Crippen molar-refractivity contribution >= 4 is 5.91 Å². The van der Waals surface area contributed by atoms with Gasteiger partial charge in [0.1, 0.15) is 11.2 Å². The van der Waals surface area contributed by atoms with Crippen LogP contribution in [0, 0.1) is 0 Å². The van der Waals surface area contributed by atoms with Crippen LogP contribution < -0.4 is 4.74 Å². The van der Waals surface area contributed by atoms with Crippen molar-refractivity contribution in [2.24, 2.45) is 0 Å². The van der Waals surface area contributed by atoms with Gasteiger partial charge in [-0.15, -0.1) is 0 Å². The summed E-state index contributed by atoms with van der Waals surface area (Å²) in [6.45, 7) is 1.25. The zero-order valence-electron chi connectivity index (χ0n) is 13.1.